The van der Waals surface area contributed by atoms with Gasteiger partial charge in [-0.15, -0.1) is 11.3 Å². The normalized spacial score (nSPS) is 12.4. The van der Waals surface area contributed by atoms with E-state index in [1.807, 2.05) is 0 Å². The number of nitrogens with zero attached hydrogens (tertiary/aromatic N) is 3. The molecule has 89 heavy (non-hydrogen) atoms. The van der Waals surface area contributed by atoms with E-state index in [-0.39, 0.29) is 16.2 Å². The van der Waals surface area contributed by atoms with Gasteiger partial charge < -0.3 is 14.4 Å². The molecular formula is C84H70ClN3S. The summed E-state index contributed by atoms with van der Waals surface area (Å²) in [5, 5.41) is 14.0. The topological polar surface area (TPSA) is 11.4 Å². The third-order valence-electron chi connectivity index (χ3n) is 18.4. The zero-order valence-electron chi connectivity index (χ0n) is 52.0. The van der Waals surface area contributed by atoms with E-state index in [0.717, 1.165) is 67.5 Å². The van der Waals surface area contributed by atoms with E-state index >= 15 is 0 Å². The second kappa shape index (κ2) is 21.4. The quantitative estimate of drug-likeness (QED) is 0.126. The van der Waals surface area contributed by atoms with Gasteiger partial charge in [0.1, 0.15) is 0 Å². The number of aromatic nitrogens is 1. The highest BCUT2D eigenvalue weighted by atomic mass is 35.5. The number of benzene rings is 13. The molecule has 0 radical (unpaired) electrons. The van der Waals surface area contributed by atoms with Crippen LogP contribution in [0.5, 0.6) is 0 Å². The largest absolute Gasteiger partial charge is 0.309 e. The molecule has 0 unspecified atom stereocenters. The highest BCUT2D eigenvalue weighted by Crippen LogP contribution is 2.54. The molecule has 0 aliphatic carbocycles. The Kier molecular flexibility index (Phi) is 13.5. The minimum absolute atomic E-state index is 0.0596. The Balaban J connectivity index is 1.07. The SMILES string of the molecule is CC(C)(C)c1ccc(N(c2cc(-n3c4ccccc4c4ccccc43)cc(N(c3ccc(-c4ccccc4-c4ccccc4)cc3)c3ccc(C(C)(C)C)cc3-c3ccc4ccc5cccc6ccc3c4c56)c2Cl)c2csc3ccc(C(C)(C)C)cc23)cc1. The van der Waals surface area contributed by atoms with E-state index in [2.05, 4.69) is 337 Å². The molecule has 434 valence electrons. The second-order valence-electron chi connectivity index (χ2n) is 27.1. The summed E-state index contributed by atoms with van der Waals surface area (Å²) in [6.07, 6.45) is 0. The Morgan fingerprint density at radius 1 is 0.337 bits per heavy atom. The number of anilines is 6. The van der Waals surface area contributed by atoms with Crippen LogP contribution >= 0.6 is 22.9 Å². The van der Waals surface area contributed by atoms with Crippen LogP contribution in [0.15, 0.2) is 260 Å². The first-order valence-electron chi connectivity index (χ1n) is 31.1. The van der Waals surface area contributed by atoms with Gasteiger partial charge in [-0.3, -0.25) is 0 Å². The van der Waals surface area contributed by atoms with Gasteiger partial charge in [0.05, 0.1) is 44.5 Å². The van der Waals surface area contributed by atoms with E-state index in [1.165, 1.54) is 86.6 Å². The van der Waals surface area contributed by atoms with Crippen LogP contribution in [0.4, 0.5) is 34.1 Å². The van der Waals surface area contributed by atoms with Crippen LogP contribution in [0.1, 0.15) is 79.0 Å². The van der Waals surface area contributed by atoms with Crippen LogP contribution in [-0.4, -0.2) is 4.57 Å². The Bertz CT molecular complexity index is 5130. The molecule has 0 spiro atoms. The smallest absolute Gasteiger partial charge is 0.0888 e. The average Bonchev–Trinajstić information content (AvgIpc) is 1.64. The number of rotatable bonds is 10. The summed E-state index contributed by atoms with van der Waals surface area (Å²) in [6, 6.07) is 94.9. The molecule has 15 aromatic rings. The van der Waals surface area contributed by atoms with Crippen LogP contribution < -0.4 is 9.80 Å². The molecule has 0 bridgehead atoms. The minimum Gasteiger partial charge on any atom is -0.309 e. The summed E-state index contributed by atoms with van der Waals surface area (Å²) in [5.74, 6) is 0. The van der Waals surface area contributed by atoms with Crippen molar-refractivity contribution in [2.24, 2.45) is 0 Å². The molecule has 0 N–H and O–H groups in total. The summed E-state index contributed by atoms with van der Waals surface area (Å²) in [7, 11) is 0. The number of thiophene rings is 1. The van der Waals surface area contributed by atoms with Crippen molar-refractivity contribution >= 4 is 121 Å². The third kappa shape index (κ3) is 9.73. The molecular weight excluding hydrogens is 1120 g/mol. The van der Waals surface area contributed by atoms with Gasteiger partial charge >= 0.3 is 0 Å². The first-order chi connectivity index (χ1) is 43.0. The predicted octanol–water partition coefficient (Wildman–Crippen LogP) is 25.4. The van der Waals surface area contributed by atoms with Gasteiger partial charge in [-0.2, -0.15) is 0 Å². The van der Waals surface area contributed by atoms with Crippen molar-refractivity contribution in [1.82, 2.24) is 4.57 Å². The van der Waals surface area contributed by atoms with Gasteiger partial charge in [-0.1, -0.05) is 256 Å². The molecule has 15 rings (SSSR count). The molecule has 0 saturated carbocycles. The summed E-state index contributed by atoms with van der Waals surface area (Å²) >= 11 is 10.5. The molecule has 0 aliphatic heterocycles. The van der Waals surface area contributed by atoms with Crippen molar-refractivity contribution in [3.8, 4) is 39.1 Å². The van der Waals surface area contributed by atoms with Crippen LogP contribution in [0.3, 0.4) is 0 Å². The fourth-order valence-electron chi connectivity index (χ4n) is 13.6. The Labute approximate surface area is 531 Å². The summed E-state index contributed by atoms with van der Waals surface area (Å²) in [6.45, 7) is 20.7. The fraction of sp³-hybridized carbons (Fsp3) is 0.143. The molecule has 5 heteroatoms. The summed E-state index contributed by atoms with van der Waals surface area (Å²) < 4.78 is 3.66. The number of hydrogen-bond acceptors (Lipinski definition) is 3. The third-order valence-corrected chi connectivity index (χ3v) is 19.7. The molecule has 0 saturated heterocycles. The summed E-state index contributed by atoms with van der Waals surface area (Å²) in [5.41, 5.74) is 19.4. The van der Waals surface area contributed by atoms with Crippen molar-refractivity contribution in [3.05, 3.63) is 282 Å². The molecule has 13 aromatic carbocycles. The lowest BCUT2D eigenvalue weighted by atomic mass is 9.83. The maximum Gasteiger partial charge on any atom is 0.0888 e. The Morgan fingerprint density at radius 2 is 0.831 bits per heavy atom. The van der Waals surface area contributed by atoms with Crippen molar-refractivity contribution < 1.29 is 0 Å². The zero-order valence-corrected chi connectivity index (χ0v) is 53.5. The van der Waals surface area contributed by atoms with Crippen LogP contribution in [0.2, 0.25) is 5.02 Å². The van der Waals surface area contributed by atoms with E-state index in [1.54, 1.807) is 11.3 Å². The van der Waals surface area contributed by atoms with Crippen molar-refractivity contribution in [1.29, 1.82) is 0 Å². The molecule has 2 heterocycles. The molecule has 0 amide bonds. The standard InChI is InChI=1S/C84H70ClN3S/c1-82(2,3)58-36-42-62(43-37-58)87(77-52-89-78-47-39-60(49-71(77)78)84(7,8)9)76-51-63(88-72-28-17-15-26-67(72)68-27-16-18-29-73(68)88)50-75(81(76)85)86(61-40-32-54(33-41-61)65-25-14-13-24-64(65)53-20-11-10-12-21-53)74-46-38-59(83(4,5)6)48-70(74)66-44-34-57-31-30-55-22-19-23-56-35-45-69(66)80(57)79(55)56/h10-52H,1-9H3. The van der Waals surface area contributed by atoms with Crippen molar-refractivity contribution in [2.75, 3.05) is 9.80 Å². The average molecular weight is 1190 g/mol. The van der Waals surface area contributed by atoms with Crippen LogP contribution in [0.25, 0.3) is 103 Å². The van der Waals surface area contributed by atoms with Crippen molar-refractivity contribution in [2.45, 2.75) is 78.6 Å². The predicted molar refractivity (Wildman–Crippen MR) is 387 cm³/mol. The molecule has 0 atom stereocenters. The molecule has 0 aliphatic rings. The number of hydrogen-bond donors (Lipinski definition) is 0. The van der Waals surface area contributed by atoms with Gasteiger partial charge in [0.2, 0.25) is 0 Å². The van der Waals surface area contributed by atoms with Gasteiger partial charge in [-0.05, 0) is 166 Å². The van der Waals surface area contributed by atoms with Gasteiger partial charge in [0.25, 0.3) is 0 Å². The minimum atomic E-state index is -0.170. The first kappa shape index (κ1) is 56.1. The van der Waals surface area contributed by atoms with E-state index in [4.69, 9.17) is 11.6 Å². The van der Waals surface area contributed by atoms with Gasteiger partial charge in [-0.25, -0.2) is 0 Å². The van der Waals surface area contributed by atoms with E-state index in [0.29, 0.717) is 5.02 Å². The maximum absolute atomic E-state index is 8.72. The van der Waals surface area contributed by atoms with Crippen LogP contribution in [0, 0.1) is 0 Å². The fourth-order valence-corrected chi connectivity index (χ4v) is 14.8. The molecule has 2 aromatic heterocycles. The number of para-hydroxylation sites is 2. The van der Waals surface area contributed by atoms with Crippen LogP contribution in [-0.2, 0) is 16.2 Å². The monoisotopic (exact) mass is 1190 g/mol. The Hall–Kier alpha value is -9.45. The first-order valence-corrected chi connectivity index (χ1v) is 32.3. The zero-order chi connectivity index (χ0) is 61.1. The Morgan fingerprint density at radius 3 is 1.45 bits per heavy atom. The molecule has 0 fully saturated rings. The highest BCUT2D eigenvalue weighted by molar-refractivity contribution is 7.17. The highest BCUT2D eigenvalue weighted by Gasteiger charge is 2.31. The number of fused-ring (bicyclic) bond motifs is 4. The lowest BCUT2D eigenvalue weighted by Gasteiger charge is -2.34. The lowest BCUT2D eigenvalue weighted by molar-refractivity contribution is 0.590. The van der Waals surface area contributed by atoms with E-state index < -0.39 is 0 Å². The van der Waals surface area contributed by atoms with Crippen molar-refractivity contribution in [3.63, 3.8) is 0 Å². The maximum atomic E-state index is 8.72. The summed E-state index contributed by atoms with van der Waals surface area (Å²) in [4.78, 5) is 4.90. The lowest BCUT2D eigenvalue weighted by Crippen LogP contribution is -2.17. The van der Waals surface area contributed by atoms with Gasteiger partial charge in [0.15, 0.2) is 0 Å². The number of halogens is 1. The molecule has 3 nitrogen and oxygen atoms in total. The van der Waals surface area contributed by atoms with Gasteiger partial charge in [0, 0.05) is 43.2 Å². The second-order valence-corrected chi connectivity index (χ2v) is 28.4. The van der Waals surface area contributed by atoms with E-state index in [9.17, 15) is 0 Å².